The number of aryl methyl sites for hydroxylation is 1. The van der Waals surface area contributed by atoms with E-state index in [9.17, 15) is 14.4 Å². The number of rotatable bonds is 3. The molecule has 4 amide bonds. The number of urea groups is 1. The van der Waals surface area contributed by atoms with Crippen LogP contribution in [0.1, 0.15) is 32.0 Å². The Morgan fingerprint density at radius 1 is 1.45 bits per heavy atom. The molecule has 1 aromatic rings. The van der Waals surface area contributed by atoms with Gasteiger partial charge in [-0.05, 0) is 39.2 Å². The molecule has 1 aliphatic heterocycles. The molecule has 0 aliphatic carbocycles. The van der Waals surface area contributed by atoms with Crippen LogP contribution in [0, 0.1) is 6.92 Å². The highest BCUT2D eigenvalue weighted by Crippen LogP contribution is 2.28. The minimum atomic E-state index is -1.37. The summed E-state index contributed by atoms with van der Waals surface area (Å²) in [5.41, 5.74) is -0.853. The first-order valence-electron chi connectivity index (χ1n) is 6.66. The Balaban J connectivity index is 2.21. The predicted octanol–water partition coefficient (Wildman–Crippen LogP) is 1.01. The summed E-state index contributed by atoms with van der Waals surface area (Å²) in [7, 11) is 0. The number of amides is 4. The van der Waals surface area contributed by atoms with E-state index >= 15 is 0 Å². The predicted molar refractivity (Wildman–Crippen MR) is 79.4 cm³/mol. The monoisotopic (exact) mass is 326 g/mol. The van der Waals surface area contributed by atoms with Crippen molar-refractivity contribution in [3.05, 3.63) is 16.6 Å². The zero-order valence-electron chi connectivity index (χ0n) is 12.8. The molecule has 22 heavy (non-hydrogen) atoms. The molecule has 1 atom stereocenters. The molecule has 2 heterocycles. The normalized spacial score (nSPS) is 21.3. The van der Waals surface area contributed by atoms with E-state index in [2.05, 4.69) is 20.3 Å². The molecule has 1 unspecified atom stereocenters. The topological polar surface area (TPSA) is 109 Å². The zero-order chi connectivity index (χ0) is 16.5. The SMILES string of the molecule is Cc1nscc1C1(CNC(=O)OC(C)(C)C)NC(=O)NC1=O. The summed E-state index contributed by atoms with van der Waals surface area (Å²) in [6.07, 6.45) is -0.665. The van der Waals surface area contributed by atoms with Gasteiger partial charge in [0.05, 0.1) is 12.2 Å². The maximum atomic E-state index is 12.2. The van der Waals surface area contributed by atoms with E-state index in [1.54, 1.807) is 33.1 Å². The first-order chi connectivity index (χ1) is 10.1. The van der Waals surface area contributed by atoms with Crippen LogP contribution >= 0.6 is 11.5 Å². The molecule has 1 saturated heterocycles. The van der Waals surface area contributed by atoms with Crippen LogP contribution in [-0.2, 0) is 15.1 Å². The Kier molecular flexibility index (Phi) is 4.10. The Hall–Kier alpha value is -2.16. The van der Waals surface area contributed by atoms with Crippen LogP contribution in [0.4, 0.5) is 9.59 Å². The van der Waals surface area contributed by atoms with Crippen molar-refractivity contribution in [2.45, 2.75) is 38.8 Å². The van der Waals surface area contributed by atoms with Gasteiger partial charge >= 0.3 is 12.1 Å². The van der Waals surface area contributed by atoms with Crippen molar-refractivity contribution < 1.29 is 19.1 Å². The summed E-state index contributed by atoms with van der Waals surface area (Å²) >= 11 is 1.17. The number of imide groups is 1. The van der Waals surface area contributed by atoms with Gasteiger partial charge in [0.2, 0.25) is 0 Å². The minimum absolute atomic E-state index is 0.126. The highest BCUT2D eigenvalue weighted by atomic mass is 32.1. The number of nitrogens with one attached hydrogen (secondary N) is 3. The summed E-state index contributed by atoms with van der Waals surface area (Å²) in [5, 5.41) is 8.97. The molecule has 2 rings (SSSR count). The number of nitrogens with zero attached hydrogens (tertiary/aromatic N) is 1. The molecule has 0 spiro atoms. The lowest BCUT2D eigenvalue weighted by atomic mass is 9.90. The van der Waals surface area contributed by atoms with Gasteiger partial charge in [0.1, 0.15) is 5.60 Å². The van der Waals surface area contributed by atoms with Crippen LogP contribution in [0.2, 0.25) is 0 Å². The fraction of sp³-hybridized carbons (Fsp3) is 0.538. The fourth-order valence-corrected chi connectivity index (χ4v) is 2.91. The number of hydrogen-bond donors (Lipinski definition) is 3. The van der Waals surface area contributed by atoms with Gasteiger partial charge in [-0.3, -0.25) is 10.1 Å². The third kappa shape index (κ3) is 3.19. The number of carbonyl (C=O) groups is 3. The maximum absolute atomic E-state index is 12.2. The van der Waals surface area contributed by atoms with Gasteiger partial charge in [0.25, 0.3) is 5.91 Å². The van der Waals surface area contributed by atoms with Gasteiger partial charge in [-0.1, -0.05) is 0 Å². The van der Waals surface area contributed by atoms with Crippen LogP contribution in [0.25, 0.3) is 0 Å². The van der Waals surface area contributed by atoms with Crippen molar-refractivity contribution in [2.75, 3.05) is 6.54 Å². The molecule has 0 saturated carbocycles. The second-order valence-corrected chi connectivity index (χ2v) is 6.61. The molecule has 120 valence electrons. The molecule has 3 N–H and O–H groups in total. The zero-order valence-corrected chi connectivity index (χ0v) is 13.6. The largest absolute Gasteiger partial charge is 0.444 e. The third-order valence-corrected chi connectivity index (χ3v) is 3.77. The molecule has 1 aromatic heterocycles. The number of carbonyl (C=O) groups excluding carboxylic acids is 3. The molecule has 0 bridgehead atoms. The number of ether oxygens (including phenoxy) is 1. The second kappa shape index (κ2) is 5.56. The molecule has 8 nitrogen and oxygen atoms in total. The lowest BCUT2D eigenvalue weighted by molar-refractivity contribution is -0.124. The first kappa shape index (κ1) is 16.2. The minimum Gasteiger partial charge on any atom is -0.444 e. The van der Waals surface area contributed by atoms with Gasteiger partial charge < -0.3 is 15.4 Å². The van der Waals surface area contributed by atoms with Crippen LogP contribution in [0.5, 0.6) is 0 Å². The molecular weight excluding hydrogens is 308 g/mol. The fourth-order valence-electron chi connectivity index (χ4n) is 2.12. The number of hydrogen-bond acceptors (Lipinski definition) is 6. The molecule has 1 aliphatic rings. The van der Waals surface area contributed by atoms with Crippen molar-refractivity contribution >= 4 is 29.6 Å². The molecule has 0 aromatic carbocycles. The standard InChI is InChI=1S/C13H18N4O4S/c1-7-8(5-22-17-7)13(9(18)15-10(19)16-13)6-14-11(20)21-12(2,3)4/h5H,6H2,1-4H3,(H,14,20)(H2,15,16,18,19). The molecule has 0 radical (unpaired) electrons. The Morgan fingerprint density at radius 2 is 2.14 bits per heavy atom. The van der Waals surface area contributed by atoms with Crippen molar-refractivity contribution in [1.29, 1.82) is 0 Å². The quantitative estimate of drug-likeness (QED) is 0.718. The summed E-state index contributed by atoms with van der Waals surface area (Å²) in [6, 6.07) is -0.610. The third-order valence-electron chi connectivity index (χ3n) is 3.05. The number of aromatic nitrogens is 1. The second-order valence-electron chi connectivity index (χ2n) is 5.98. The van der Waals surface area contributed by atoms with Gasteiger partial charge in [-0.25, -0.2) is 9.59 Å². The van der Waals surface area contributed by atoms with Crippen molar-refractivity contribution in [3.8, 4) is 0 Å². The summed E-state index contributed by atoms with van der Waals surface area (Å²) < 4.78 is 9.26. The maximum Gasteiger partial charge on any atom is 0.407 e. The van der Waals surface area contributed by atoms with Crippen LogP contribution in [-0.4, -0.2) is 34.6 Å². The van der Waals surface area contributed by atoms with Gasteiger partial charge in [-0.2, -0.15) is 4.37 Å². The van der Waals surface area contributed by atoms with E-state index in [-0.39, 0.29) is 6.54 Å². The van der Waals surface area contributed by atoms with Gasteiger partial charge in [0.15, 0.2) is 5.54 Å². The van der Waals surface area contributed by atoms with Crippen LogP contribution in [0.15, 0.2) is 5.38 Å². The molecular formula is C13H18N4O4S. The van der Waals surface area contributed by atoms with Crippen molar-refractivity contribution in [2.24, 2.45) is 0 Å². The van der Waals surface area contributed by atoms with Crippen molar-refractivity contribution in [1.82, 2.24) is 20.3 Å². The smallest absolute Gasteiger partial charge is 0.407 e. The van der Waals surface area contributed by atoms with E-state index in [1.165, 1.54) is 11.5 Å². The van der Waals surface area contributed by atoms with E-state index in [4.69, 9.17) is 4.74 Å². The van der Waals surface area contributed by atoms with Gasteiger partial charge in [-0.15, -0.1) is 0 Å². The summed E-state index contributed by atoms with van der Waals surface area (Å²) in [6.45, 7) is 6.82. The Morgan fingerprint density at radius 3 is 2.59 bits per heavy atom. The number of alkyl carbamates (subject to hydrolysis) is 1. The molecule has 1 fully saturated rings. The van der Waals surface area contributed by atoms with Crippen LogP contribution in [0.3, 0.4) is 0 Å². The van der Waals surface area contributed by atoms with E-state index in [0.29, 0.717) is 11.3 Å². The average Bonchev–Trinajstić information content (AvgIpc) is 2.89. The Bertz CT molecular complexity index is 622. The lowest BCUT2D eigenvalue weighted by Gasteiger charge is -2.27. The highest BCUT2D eigenvalue weighted by molar-refractivity contribution is 7.03. The highest BCUT2D eigenvalue weighted by Gasteiger charge is 2.49. The van der Waals surface area contributed by atoms with Crippen molar-refractivity contribution in [3.63, 3.8) is 0 Å². The summed E-state index contributed by atoms with van der Waals surface area (Å²) in [5.74, 6) is -0.531. The lowest BCUT2D eigenvalue weighted by Crippen LogP contribution is -2.53. The van der Waals surface area contributed by atoms with Gasteiger partial charge in [0, 0.05) is 10.9 Å². The Labute approximate surface area is 131 Å². The average molecular weight is 326 g/mol. The van der Waals surface area contributed by atoms with E-state index < -0.39 is 29.2 Å². The first-order valence-corrected chi connectivity index (χ1v) is 7.49. The van der Waals surface area contributed by atoms with E-state index in [1.807, 2.05) is 0 Å². The van der Waals surface area contributed by atoms with E-state index in [0.717, 1.165) is 0 Å². The molecule has 9 heteroatoms. The van der Waals surface area contributed by atoms with Crippen LogP contribution < -0.4 is 16.0 Å². The summed E-state index contributed by atoms with van der Waals surface area (Å²) in [4.78, 5) is 35.6.